The molecule has 9 aromatic carbocycles. The monoisotopic (exact) mass is 771 g/mol. The second-order valence-electron chi connectivity index (χ2n) is 16.1. The lowest BCUT2D eigenvalue weighted by atomic mass is 9.82. The minimum Gasteiger partial charge on any atom is -0.310 e. The molecule has 11 rings (SSSR count). The largest absolute Gasteiger partial charge is 0.310 e. The highest BCUT2D eigenvalue weighted by molar-refractivity contribution is 7.26. The smallest absolute Gasteiger partial charge is 0.0465 e. The molecule has 1 nitrogen and oxygen atoms in total. The summed E-state index contributed by atoms with van der Waals surface area (Å²) < 4.78 is 2.64. The Morgan fingerprint density at radius 3 is 1.49 bits per heavy atom. The molecule has 0 fully saturated rings. The van der Waals surface area contributed by atoms with Gasteiger partial charge in [0.15, 0.2) is 0 Å². The molecule has 59 heavy (non-hydrogen) atoms. The zero-order chi connectivity index (χ0) is 39.5. The molecule has 0 saturated heterocycles. The van der Waals surface area contributed by atoms with E-state index in [1.807, 2.05) is 11.3 Å². The van der Waals surface area contributed by atoms with Gasteiger partial charge in [-0.05, 0) is 116 Å². The van der Waals surface area contributed by atoms with Crippen LogP contribution in [0.15, 0.2) is 212 Å². The van der Waals surface area contributed by atoms with Gasteiger partial charge in [-0.25, -0.2) is 0 Å². The molecule has 1 heterocycles. The molecule has 1 aliphatic carbocycles. The normalized spacial score (nSPS) is 12.7. The standard InChI is InChI=1S/C57H41NS/c1-57(2)53-19-11-9-17-48(53)49-34-33-47(37-54(49)57)58(45-29-25-41(26-30-45)39-15-7-4-8-16-39)46-31-27-42(28-32-46)44-35-51(56-52(36-44)50-18-10-12-20-55(50)59-56)43-23-21-40(22-24-43)38-13-5-3-6-14-38/h3-37H,1-2H3. The fraction of sp³-hybridized carbons (Fsp3) is 0.0526. The lowest BCUT2D eigenvalue weighted by molar-refractivity contribution is 0.660. The Morgan fingerprint density at radius 2 is 0.831 bits per heavy atom. The van der Waals surface area contributed by atoms with Crippen LogP contribution in [0.3, 0.4) is 0 Å². The predicted octanol–water partition coefficient (Wildman–Crippen LogP) is 16.5. The summed E-state index contributed by atoms with van der Waals surface area (Å²) >= 11 is 1.89. The van der Waals surface area contributed by atoms with Crippen LogP contribution in [-0.2, 0) is 5.41 Å². The highest BCUT2D eigenvalue weighted by Crippen LogP contribution is 2.51. The highest BCUT2D eigenvalue weighted by Gasteiger charge is 2.35. The third-order valence-corrected chi connectivity index (χ3v) is 13.5. The third kappa shape index (κ3) is 6.07. The highest BCUT2D eigenvalue weighted by atomic mass is 32.1. The summed E-state index contributed by atoms with van der Waals surface area (Å²) in [6.07, 6.45) is 0. The van der Waals surface area contributed by atoms with Crippen LogP contribution in [0.1, 0.15) is 25.0 Å². The van der Waals surface area contributed by atoms with Crippen molar-refractivity contribution in [1.29, 1.82) is 0 Å². The van der Waals surface area contributed by atoms with Crippen LogP contribution in [0.2, 0.25) is 0 Å². The van der Waals surface area contributed by atoms with Crippen molar-refractivity contribution in [1.82, 2.24) is 0 Å². The number of hydrogen-bond acceptors (Lipinski definition) is 2. The molecule has 10 aromatic rings. The van der Waals surface area contributed by atoms with Crippen LogP contribution in [0.25, 0.3) is 75.8 Å². The first kappa shape index (κ1) is 35.2. The number of thiophene rings is 1. The summed E-state index contributed by atoms with van der Waals surface area (Å²) in [6.45, 7) is 4.71. The number of anilines is 3. The Morgan fingerprint density at radius 1 is 0.339 bits per heavy atom. The van der Waals surface area contributed by atoms with Gasteiger partial charge < -0.3 is 4.90 Å². The Balaban J connectivity index is 1.02. The molecule has 0 saturated carbocycles. The van der Waals surface area contributed by atoms with Gasteiger partial charge in [0.2, 0.25) is 0 Å². The van der Waals surface area contributed by atoms with Gasteiger partial charge in [-0.2, -0.15) is 0 Å². The number of nitrogens with zero attached hydrogens (tertiary/aromatic N) is 1. The van der Waals surface area contributed by atoms with Crippen molar-refractivity contribution >= 4 is 48.6 Å². The van der Waals surface area contributed by atoms with Gasteiger partial charge in [-0.3, -0.25) is 0 Å². The topological polar surface area (TPSA) is 3.24 Å². The van der Waals surface area contributed by atoms with Crippen molar-refractivity contribution in [3.8, 4) is 55.6 Å². The van der Waals surface area contributed by atoms with Crippen LogP contribution >= 0.6 is 11.3 Å². The molecular weight excluding hydrogens is 731 g/mol. The molecule has 0 amide bonds. The second kappa shape index (κ2) is 14.1. The molecule has 2 heteroatoms. The first-order valence-electron chi connectivity index (χ1n) is 20.4. The summed E-state index contributed by atoms with van der Waals surface area (Å²) in [5, 5.41) is 2.61. The van der Waals surface area contributed by atoms with E-state index in [1.54, 1.807) is 0 Å². The number of fused-ring (bicyclic) bond motifs is 6. The number of benzene rings is 9. The van der Waals surface area contributed by atoms with Gasteiger partial charge in [0.25, 0.3) is 0 Å². The third-order valence-electron chi connectivity index (χ3n) is 12.3. The molecule has 0 atom stereocenters. The fourth-order valence-corrected chi connectivity index (χ4v) is 10.4. The average Bonchev–Trinajstić information content (AvgIpc) is 3.79. The van der Waals surface area contributed by atoms with E-state index in [2.05, 4.69) is 231 Å². The minimum absolute atomic E-state index is 0.0985. The van der Waals surface area contributed by atoms with Crippen molar-refractivity contribution in [3.05, 3.63) is 223 Å². The summed E-state index contributed by atoms with van der Waals surface area (Å²) in [7, 11) is 0. The number of rotatable bonds is 7. The first-order valence-corrected chi connectivity index (χ1v) is 21.2. The lowest BCUT2D eigenvalue weighted by Crippen LogP contribution is -2.16. The summed E-state index contributed by atoms with van der Waals surface area (Å²) in [6, 6.07) is 78.0. The quantitative estimate of drug-likeness (QED) is 0.156. The summed E-state index contributed by atoms with van der Waals surface area (Å²) in [5.41, 5.74) is 18.5. The lowest BCUT2D eigenvalue weighted by Gasteiger charge is -2.28. The SMILES string of the molecule is CC1(C)c2ccccc2-c2ccc(N(c3ccc(-c4ccccc4)cc3)c3ccc(-c4cc(-c5ccc(-c6ccccc6)cc5)c5sc6ccccc6c5c4)cc3)cc21. The van der Waals surface area contributed by atoms with Crippen LogP contribution in [0.4, 0.5) is 17.1 Å². The molecule has 0 aliphatic heterocycles. The van der Waals surface area contributed by atoms with E-state index < -0.39 is 0 Å². The molecule has 0 spiro atoms. The van der Waals surface area contributed by atoms with Crippen molar-refractivity contribution in [2.24, 2.45) is 0 Å². The maximum Gasteiger partial charge on any atom is 0.0465 e. The molecular formula is C57H41NS. The van der Waals surface area contributed by atoms with Crippen molar-refractivity contribution in [2.75, 3.05) is 4.90 Å². The Kier molecular flexibility index (Phi) is 8.43. The van der Waals surface area contributed by atoms with Gasteiger partial charge in [0, 0.05) is 48.2 Å². The van der Waals surface area contributed by atoms with Crippen LogP contribution in [0.5, 0.6) is 0 Å². The Labute approximate surface area is 350 Å². The maximum atomic E-state index is 2.42. The summed E-state index contributed by atoms with van der Waals surface area (Å²) in [4.78, 5) is 2.41. The predicted molar refractivity (Wildman–Crippen MR) is 253 cm³/mol. The van der Waals surface area contributed by atoms with E-state index in [0.29, 0.717) is 0 Å². The molecule has 0 N–H and O–H groups in total. The molecule has 0 bridgehead atoms. The molecule has 0 radical (unpaired) electrons. The van der Waals surface area contributed by atoms with Gasteiger partial charge in [0.05, 0.1) is 0 Å². The van der Waals surface area contributed by atoms with Gasteiger partial charge in [-0.1, -0.05) is 172 Å². The zero-order valence-corrected chi connectivity index (χ0v) is 33.9. The summed E-state index contributed by atoms with van der Waals surface area (Å²) in [5.74, 6) is 0. The van der Waals surface area contributed by atoms with Crippen molar-refractivity contribution in [2.45, 2.75) is 19.3 Å². The van der Waals surface area contributed by atoms with E-state index in [4.69, 9.17) is 0 Å². The fourth-order valence-electron chi connectivity index (χ4n) is 9.20. The van der Waals surface area contributed by atoms with E-state index in [9.17, 15) is 0 Å². The van der Waals surface area contributed by atoms with E-state index in [1.165, 1.54) is 86.9 Å². The van der Waals surface area contributed by atoms with Crippen LogP contribution in [-0.4, -0.2) is 0 Å². The van der Waals surface area contributed by atoms with Crippen LogP contribution in [0, 0.1) is 0 Å². The van der Waals surface area contributed by atoms with Gasteiger partial charge in [0.1, 0.15) is 0 Å². The molecule has 1 aliphatic rings. The molecule has 0 unspecified atom stereocenters. The van der Waals surface area contributed by atoms with Crippen molar-refractivity contribution in [3.63, 3.8) is 0 Å². The molecule has 1 aromatic heterocycles. The van der Waals surface area contributed by atoms with E-state index in [-0.39, 0.29) is 5.41 Å². The van der Waals surface area contributed by atoms with Gasteiger partial charge in [-0.15, -0.1) is 11.3 Å². The minimum atomic E-state index is -0.0985. The van der Waals surface area contributed by atoms with E-state index in [0.717, 1.165) is 17.1 Å². The van der Waals surface area contributed by atoms with Crippen molar-refractivity contribution < 1.29 is 0 Å². The second-order valence-corrected chi connectivity index (χ2v) is 17.2. The maximum absolute atomic E-state index is 2.42. The molecule has 280 valence electrons. The van der Waals surface area contributed by atoms with Gasteiger partial charge >= 0.3 is 0 Å². The van der Waals surface area contributed by atoms with E-state index >= 15 is 0 Å². The zero-order valence-electron chi connectivity index (χ0n) is 33.1. The number of hydrogen-bond donors (Lipinski definition) is 0. The Hall–Kier alpha value is -7.00. The Bertz CT molecular complexity index is 3140. The van der Waals surface area contributed by atoms with Crippen LogP contribution < -0.4 is 4.90 Å². The average molecular weight is 772 g/mol. The first-order chi connectivity index (χ1) is 29.0.